The molecule has 0 bridgehead atoms. The molecule has 0 spiro atoms. The summed E-state index contributed by atoms with van der Waals surface area (Å²) in [6.07, 6.45) is 0. The predicted octanol–water partition coefficient (Wildman–Crippen LogP) is 2.29. The van der Waals surface area contributed by atoms with E-state index in [0.717, 1.165) is 33.6 Å². The van der Waals surface area contributed by atoms with Crippen molar-refractivity contribution in [3.8, 4) is 11.6 Å². The topological polar surface area (TPSA) is 78.3 Å². The number of hydrogen-bond donors (Lipinski definition) is 1. The van der Waals surface area contributed by atoms with E-state index >= 15 is 0 Å². The number of fused-ring (bicyclic) bond motifs is 1. The minimum absolute atomic E-state index is 0.0923. The normalized spacial score (nSPS) is 10.8. The van der Waals surface area contributed by atoms with Crippen molar-refractivity contribution >= 4 is 16.9 Å². The van der Waals surface area contributed by atoms with E-state index in [1.54, 1.807) is 11.8 Å². The van der Waals surface area contributed by atoms with Crippen molar-refractivity contribution in [3.63, 3.8) is 0 Å². The molecule has 26 heavy (non-hydrogen) atoms. The van der Waals surface area contributed by atoms with Crippen molar-refractivity contribution in [1.29, 1.82) is 0 Å². The lowest BCUT2D eigenvalue weighted by molar-refractivity contribution is -0.123. The highest BCUT2D eigenvalue weighted by Gasteiger charge is 2.12. The molecule has 1 aromatic carbocycles. The first-order chi connectivity index (χ1) is 12.5. The molecule has 2 heterocycles. The number of pyridine rings is 1. The van der Waals surface area contributed by atoms with Crippen LogP contribution in [0.1, 0.15) is 16.8 Å². The van der Waals surface area contributed by atoms with Gasteiger partial charge < -0.3 is 14.8 Å². The van der Waals surface area contributed by atoms with E-state index in [2.05, 4.69) is 15.4 Å². The van der Waals surface area contributed by atoms with Crippen LogP contribution in [0, 0.1) is 13.8 Å². The maximum absolute atomic E-state index is 12.0. The smallest absolute Gasteiger partial charge is 0.258 e. The van der Waals surface area contributed by atoms with Crippen LogP contribution in [-0.2, 0) is 18.4 Å². The van der Waals surface area contributed by atoms with Crippen LogP contribution in [0.5, 0.6) is 11.6 Å². The summed E-state index contributed by atoms with van der Waals surface area (Å²) in [5, 5.41) is 8.21. The third-order valence-corrected chi connectivity index (χ3v) is 4.14. The highest BCUT2D eigenvalue weighted by atomic mass is 16.5. The lowest BCUT2D eigenvalue weighted by Gasteiger charge is -2.09. The van der Waals surface area contributed by atoms with E-state index < -0.39 is 0 Å². The van der Waals surface area contributed by atoms with Gasteiger partial charge in [-0.1, -0.05) is 12.1 Å². The number of hydrogen-bond acceptors (Lipinski definition) is 5. The van der Waals surface area contributed by atoms with Crippen molar-refractivity contribution in [3.05, 3.63) is 47.2 Å². The zero-order valence-corrected chi connectivity index (χ0v) is 15.4. The summed E-state index contributed by atoms with van der Waals surface area (Å²) in [5.41, 5.74) is 3.68. The third-order valence-electron chi connectivity index (χ3n) is 4.14. The highest BCUT2D eigenvalue weighted by molar-refractivity contribution is 5.82. The van der Waals surface area contributed by atoms with E-state index in [1.807, 2.05) is 51.2 Å². The molecule has 7 nitrogen and oxygen atoms in total. The van der Waals surface area contributed by atoms with Gasteiger partial charge in [-0.15, -0.1) is 0 Å². The monoisotopic (exact) mass is 354 g/mol. The lowest BCUT2D eigenvalue weighted by atomic mass is 10.2. The van der Waals surface area contributed by atoms with Crippen LogP contribution in [0.3, 0.4) is 0 Å². The Balaban J connectivity index is 1.58. The van der Waals surface area contributed by atoms with Crippen LogP contribution in [-0.4, -0.2) is 34.4 Å². The maximum Gasteiger partial charge on any atom is 0.258 e. The van der Waals surface area contributed by atoms with Crippen molar-refractivity contribution in [2.45, 2.75) is 20.4 Å². The van der Waals surface area contributed by atoms with Crippen LogP contribution >= 0.6 is 0 Å². The number of carbonyl (C=O) groups excluding carboxylic acids is 1. The maximum atomic E-state index is 12.0. The molecule has 0 fully saturated rings. The van der Waals surface area contributed by atoms with E-state index in [0.29, 0.717) is 12.4 Å². The number of nitrogens with one attached hydrogen (secondary N) is 1. The van der Waals surface area contributed by atoms with Crippen molar-refractivity contribution < 1.29 is 14.3 Å². The largest absolute Gasteiger partial charge is 0.497 e. The fourth-order valence-corrected chi connectivity index (χ4v) is 2.84. The number of carbonyl (C=O) groups is 1. The van der Waals surface area contributed by atoms with Gasteiger partial charge in [0.2, 0.25) is 5.88 Å². The van der Waals surface area contributed by atoms with Gasteiger partial charge in [0, 0.05) is 25.0 Å². The molecule has 1 amide bonds. The fraction of sp³-hybridized carbons (Fsp3) is 0.316. The molecule has 0 atom stereocenters. The Kier molecular flexibility index (Phi) is 5.06. The number of nitrogens with zero attached hydrogens (tertiary/aromatic N) is 3. The van der Waals surface area contributed by atoms with Crippen LogP contribution in [0.4, 0.5) is 0 Å². The molecule has 3 aromatic rings. The molecule has 3 rings (SSSR count). The molecule has 2 aromatic heterocycles. The van der Waals surface area contributed by atoms with Crippen LogP contribution < -0.4 is 14.8 Å². The molecule has 0 unspecified atom stereocenters. The minimum Gasteiger partial charge on any atom is -0.497 e. The van der Waals surface area contributed by atoms with Crippen LogP contribution in [0.2, 0.25) is 0 Å². The van der Waals surface area contributed by atoms with Crippen molar-refractivity contribution in [2.24, 2.45) is 7.05 Å². The van der Waals surface area contributed by atoms with Gasteiger partial charge in [0.25, 0.3) is 5.91 Å². The van der Waals surface area contributed by atoms with Gasteiger partial charge in [-0.2, -0.15) is 10.1 Å². The number of rotatable bonds is 6. The number of amides is 1. The summed E-state index contributed by atoms with van der Waals surface area (Å²) in [5.74, 6) is 0.991. The Morgan fingerprint density at radius 1 is 1.23 bits per heavy atom. The van der Waals surface area contributed by atoms with Gasteiger partial charge >= 0.3 is 0 Å². The predicted molar refractivity (Wildman–Crippen MR) is 98.3 cm³/mol. The Bertz CT molecular complexity index is 932. The van der Waals surface area contributed by atoms with Gasteiger partial charge in [0.1, 0.15) is 5.75 Å². The number of methoxy groups -OCH3 is 1. The van der Waals surface area contributed by atoms with E-state index in [-0.39, 0.29) is 12.5 Å². The van der Waals surface area contributed by atoms with Gasteiger partial charge in [0.15, 0.2) is 12.3 Å². The molecule has 0 aliphatic rings. The molecule has 0 aliphatic carbocycles. The minimum atomic E-state index is -0.207. The summed E-state index contributed by atoms with van der Waals surface area (Å²) >= 11 is 0. The van der Waals surface area contributed by atoms with Gasteiger partial charge in [-0.25, -0.2) is 0 Å². The molecular weight excluding hydrogens is 332 g/mol. The lowest BCUT2D eigenvalue weighted by Crippen LogP contribution is -2.28. The zero-order chi connectivity index (χ0) is 18.7. The summed E-state index contributed by atoms with van der Waals surface area (Å²) in [4.78, 5) is 16.5. The SMILES string of the molecule is COc1ccc(CNC(=O)COc2cc(C)c3c(C)nn(C)c3n2)cc1. The molecule has 136 valence electrons. The molecule has 0 aliphatic heterocycles. The summed E-state index contributed by atoms with van der Waals surface area (Å²) in [6.45, 7) is 4.27. The molecule has 0 saturated carbocycles. The van der Waals surface area contributed by atoms with Gasteiger partial charge in [-0.3, -0.25) is 9.48 Å². The first kappa shape index (κ1) is 17.7. The number of aryl methyl sites for hydroxylation is 3. The second-order valence-electron chi connectivity index (χ2n) is 6.10. The van der Waals surface area contributed by atoms with Gasteiger partial charge in [0.05, 0.1) is 12.8 Å². The second-order valence-corrected chi connectivity index (χ2v) is 6.10. The molecule has 0 saturated heterocycles. The average molecular weight is 354 g/mol. The quantitative estimate of drug-likeness (QED) is 0.735. The Morgan fingerprint density at radius 3 is 2.65 bits per heavy atom. The van der Waals surface area contributed by atoms with Crippen LogP contribution in [0.15, 0.2) is 30.3 Å². The Hall–Kier alpha value is -3.09. The van der Waals surface area contributed by atoms with E-state index in [1.165, 1.54) is 0 Å². The molecule has 1 N–H and O–H groups in total. The fourth-order valence-electron chi connectivity index (χ4n) is 2.84. The first-order valence-corrected chi connectivity index (χ1v) is 8.31. The first-order valence-electron chi connectivity index (χ1n) is 8.31. The number of benzene rings is 1. The van der Waals surface area contributed by atoms with Crippen LogP contribution in [0.25, 0.3) is 11.0 Å². The number of ether oxygens (including phenoxy) is 2. The second kappa shape index (κ2) is 7.43. The third kappa shape index (κ3) is 3.77. The molecule has 7 heteroatoms. The Labute approximate surface area is 151 Å². The van der Waals surface area contributed by atoms with E-state index in [4.69, 9.17) is 9.47 Å². The summed E-state index contributed by atoms with van der Waals surface area (Å²) in [6, 6.07) is 9.35. The molecular formula is C19H22N4O3. The van der Waals surface area contributed by atoms with Crippen molar-refractivity contribution in [1.82, 2.24) is 20.1 Å². The molecule has 0 radical (unpaired) electrons. The van der Waals surface area contributed by atoms with E-state index in [9.17, 15) is 4.79 Å². The standard InChI is InChI=1S/C19H22N4O3/c1-12-9-17(21-19-18(12)13(2)22-23(19)3)26-11-16(24)20-10-14-5-7-15(25-4)8-6-14/h5-9H,10-11H2,1-4H3,(H,20,24). The average Bonchev–Trinajstić information content (AvgIpc) is 2.93. The van der Waals surface area contributed by atoms with Crippen molar-refractivity contribution in [2.75, 3.05) is 13.7 Å². The summed E-state index contributed by atoms with van der Waals surface area (Å²) < 4.78 is 12.4. The van der Waals surface area contributed by atoms with Gasteiger partial charge in [-0.05, 0) is 37.1 Å². The zero-order valence-electron chi connectivity index (χ0n) is 15.4. The Morgan fingerprint density at radius 2 is 1.96 bits per heavy atom. The number of aromatic nitrogens is 3. The highest BCUT2D eigenvalue weighted by Crippen LogP contribution is 2.23. The summed E-state index contributed by atoms with van der Waals surface area (Å²) in [7, 11) is 3.46.